The van der Waals surface area contributed by atoms with Crippen LogP contribution in [-0.4, -0.2) is 52.1 Å². The highest BCUT2D eigenvalue weighted by molar-refractivity contribution is 5.92. The van der Waals surface area contributed by atoms with Crippen LogP contribution in [0.3, 0.4) is 0 Å². The van der Waals surface area contributed by atoms with E-state index < -0.39 is 48.5 Å². The molecule has 0 spiro atoms. The lowest BCUT2D eigenvalue weighted by atomic mass is 10.1. The topological polar surface area (TPSA) is 184 Å². The van der Waals surface area contributed by atoms with Crippen molar-refractivity contribution in [3.63, 3.8) is 0 Å². The third kappa shape index (κ3) is 10.1. The number of nitrogens with zero attached hydrogens (tertiary/aromatic N) is 3. The minimum atomic E-state index is -5.20. The Hall–Kier alpha value is -4.14. The van der Waals surface area contributed by atoms with Gasteiger partial charge in [0, 0.05) is 6.54 Å². The number of hydrogen-bond donors (Lipinski definition) is 4. The lowest BCUT2D eigenvalue weighted by Gasteiger charge is -2.19. The van der Waals surface area contributed by atoms with Gasteiger partial charge in [0.1, 0.15) is 24.7 Å². The maximum absolute atomic E-state index is 13.0. The van der Waals surface area contributed by atoms with E-state index in [0.29, 0.717) is 5.56 Å². The maximum atomic E-state index is 13.0. The van der Waals surface area contributed by atoms with E-state index in [2.05, 4.69) is 15.3 Å². The van der Waals surface area contributed by atoms with Crippen LogP contribution in [0, 0.1) is 6.92 Å². The van der Waals surface area contributed by atoms with Crippen LogP contribution >= 0.6 is 12.4 Å². The average molecular weight is 562 g/mol. The number of rotatable bonds is 11. The normalized spacial score (nSPS) is 11.5. The van der Waals surface area contributed by atoms with Crippen molar-refractivity contribution in [3.8, 4) is 0 Å². The summed E-state index contributed by atoms with van der Waals surface area (Å²) in [6.45, 7) is 0.484. The first kappa shape index (κ1) is 31.9. The summed E-state index contributed by atoms with van der Waals surface area (Å²) >= 11 is 0. The smallest absolute Gasteiger partial charge is 0.444 e. The SMILES string of the molecule is Cc1ncc(NC(=O)OCc2ccccc2)c(=O)n1CC(=O)NC(CCCN=C(N)N)C(=O)C(F)(F)F.Cl. The lowest BCUT2D eigenvalue weighted by molar-refractivity contribution is -0.174. The Morgan fingerprint density at radius 2 is 1.84 bits per heavy atom. The molecule has 2 amide bonds. The Morgan fingerprint density at radius 3 is 2.45 bits per heavy atom. The molecule has 1 heterocycles. The molecule has 38 heavy (non-hydrogen) atoms. The number of aromatic nitrogens is 2. The number of nitrogens with two attached hydrogens (primary N) is 2. The minimum Gasteiger partial charge on any atom is -0.444 e. The van der Waals surface area contributed by atoms with Gasteiger partial charge < -0.3 is 21.5 Å². The second kappa shape index (κ2) is 14.6. The van der Waals surface area contributed by atoms with Gasteiger partial charge in [0.2, 0.25) is 5.91 Å². The highest BCUT2D eigenvalue weighted by atomic mass is 35.5. The molecule has 12 nitrogen and oxygen atoms in total. The van der Waals surface area contributed by atoms with Crippen molar-refractivity contribution < 1.29 is 32.3 Å². The van der Waals surface area contributed by atoms with Crippen molar-refractivity contribution in [1.82, 2.24) is 14.9 Å². The number of anilines is 1. The molecule has 208 valence electrons. The van der Waals surface area contributed by atoms with E-state index in [0.717, 1.165) is 10.8 Å². The van der Waals surface area contributed by atoms with E-state index in [1.807, 2.05) is 5.32 Å². The molecule has 0 saturated heterocycles. The minimum absolute atomic E-state index is 0. The number of amides is 2. The van der Waals surface area contributed by atoms with Gasteiger partial charge in [0.05, 0.1) is 12.2 Å². The number of carbonyl (C=O) groups excluding carboxylic acids is 3. The van der Waals surface area contributed by atoms with Gasteiger partial charge in [-0.15, -0.1) is 12.4 Å². The fourth-order valence-corrected chi connectivity index (χ4v) is 3.07. The van der Waals surface area contributed by atoms with Crippen LogP contribution in [0.2, 0.25) is 0 Å². The third-order valence-corrected chi connectivity index (χ3v) is 4.87. The van der Waals surface area contributed by atoms with Crippen molar-refractivity contribution >= 4 is 41.8 Å². The molecule has 0 saturated carbocycles. The summed E-state index contributed by atoms with van der Waals surface area (Å²) in [6, 6.07) is 6.82. The summed E-state index contributed by atoms with van der Waals surface area (Å²) < 4.78 is 44.9. The molecule has 0 fully saturated rings. The summed E-state index contributed by atoms with van der Waals surface area (Å²) in [5.41, 5.74) is 9.84. The molecule has 1 aromatic carbocycles. The summed E-state index contributed by atoms with van der Waals surface area (Å²) in [5.74, 6) is -3.46. The van der Waals surface area contributed by atoms with Crippen LogP contribution in [0.5, 0.6) is 0 Å². The zero-order valence-electron chi connectivity index (χ0n) is 20.2. The highest BCUT2D eigenvalue weighted by Crippen LogP contribution is 2.20. The summed E-state index contributed by atoms with van der Waals surface area (Å²) in [4.78, 5) is 56.7. The first-order valence-corrected chi connectivity index (χ1v) is 10.9. The molecule has 16 heteroatoms. The van der Waals surface area contributed by atoms with Gasteiger partial charge in [0.15, 0.2) is 5.96 Å². The molecule has 1 atom stereocenters. The predicted octanol–water partition coefficient (Wildman–Crippen LogP) is 1.39. The van der Waals surface area contributed by atoms with Crippen LogP contribution in [0.4, 0.5) is 23.7 Å². The molecule has 2 rings (SSSR count). The quantitative estimate of drug-likeness (QED) is 0.180. The molecular weight excluding hydrogens is 535 g/mol. The van der Waals surface area contributed by atoms with Crippen molar-refractivity contribution in [2.75, 3.05) is 11.9 Å². The number of aliphatic imine (C=N–C) groups is 1. The Kier molecular flexibility index (Phi) is 12.2. The number of aryl methyl sites for hydroxylation is 1. The monoisotopic (exact) mass is 561 g/mol. The number of Topliss-reactive ketones (excluding diaryl/α,β-unsaturated/α-hetero) is 1. The second-order valence-electron chi connectivity index (χ2n) is 7.73. The van der Waals surface area contributed by atoms with E-state index in [1.165, 1.54) is 6.92 Å². The van der Waals surface area contributed by atoms with Gasteiger partial charge in [-0.3, -0.25) is 29.3 Å². The predicted molar refractivity (Wildman–Crippen MR) is 134 cm³/mol. The van der Waals surface area contributed by atoms with Crippen molar-refractivity contribution in [1.29, 1.82) is 0 Å². The lowest BCUT2D eigenvalue weighted by Crippen LogP contribution is -2.48. The molecule has 0 bridgehead atoms. The Morgan fingerprint density at radius 1 is 1.18 bits per heavy atom. The van der Waals surface area contributed by atoms with Gasteiger partial charge in [0.25, 0.3) is 11.3 Å². The van der Waals surface area contributed by atoms with Gasteiger partial charge in [-0.25, -0.2) is 9.78 Å². The van der Waals surface area contributed by atoms with Gasteiger partial charge in [-0.05, 0) is 25.3 Å². The maximum Gasteiger partial charge on any atom is 0.452 e. The van der Waals surface area contributed by atoms with Gasteiger partial charge in [-0.1, -0.05) is 30.3 Å². The molecular formula is C22H27ClF3N7O5. The fraction of sp³-hybridized carbons (Fsp3) is 0.364. The molecule has 1 unspecified atom stereocenters. The first-order valence-electron chi connectivity index (χ1n) is 10.9. The molecule has 6 N–H and O–H groups in total. The van der Waals surface area contributed by atoms with Crippen LogP contribution in [-0.2, 0) is 27.5 Å². The van der Waals surface area contributed by atoms with Crippen LogP contribution in [0.1, 0.15) is 24.2 Å². The zero-order valence-corrected chi connectivity index (χ0v) is 21.0. The van der Waals surface area contributed by atoms with Crippen LogP contribution in [0.25, 0.3) is 0 Å². The molecule has 0 aliphatic rings. The molecule has 0 radical (unpaired) electrons. The average Bonchev–Trinajstić information content (AvgIpc) is 2.83. The van der Waals surface area contributed by atoms with Crippen molar-refractivity contribution in [2.24, 2.45) is 16.5 Å². The number of ether oxygens (including phenoxy) is 1. The standard InChI is InChI=1S/C22H26F3N7O5.ClH/c1-13-29-10-16(31-21(36)37-12-14-6-3-2-4-7-14)19(35)32(13)11-17(33)30-15(18(34)22(23,24)25)8-5-9-28-20(26)27;/h2-4,6-7,10,15H,5,8-9,11-12H2,1H3,(H,30,33)(H,31,36)(H4,26,27,28);1H. The number of alkyl halides is 3. The molecule has 2 aromatic rings. The number of nitrogens with one attached hydrogen (secondary N) is 2. The highest BCUT2D eigenvalue weighted by Gasteiger charge is 2.43. The fourth-order valence-electron chi connectivity index (χ4n) is 3.07. The number of benzene rings is 1. The van der Waals surface area contributed by atoms with E-state index in [9.17, 15) is 32.3 Å². The number of halogens is 4. The molecule has 0 aliphatic carbocycles. The summed E-state index contributed by atoms with van der Waals surface area (Å²) in [7, 11) is 0. The van der Waals surface area contributed by atoms with Crippen LogP contribution in [0.15, 0.2) is 46.3 Å². The number of carbonyl (C=O) groups is 3. The summed E-state index contributed by atoms with van der Waals surface area (Å²) in [6.07, 6.45) is -5.54. The third-order valence-electron chi connectivity index (χ3n) is 4.87. The van der Waals surface area contributed by atoms with E-state index in [1.54, 1.807) is 30.3 Å². The first-order chi connectivity index (χ1) is 17.4. The van der Waals surface area contributed by atoms with Crippen molar-refractivity contribution in [2.45, 2.75) is 45.1 Å². The number of hydrogen-bond acceptors (Lipinski definition) is 7. The van der Waals surface area contributed by atoms with Gasteiger partial charge in [-0.2, -0.15) is 13.2 Å². The zero-order chi connectivity index (χ0) is 27.6. The second-order valence-corrected chi connectivity index (χ2v) is 7.73. The van der Waals surface area contributed by atoms with E-state index >= 15 is 0 Å². The van der Waals surface area contributed by atoms with Gasteiger partial charge >= 0.3 is 12.3 Å². The number of ketones is 1. The number of guanidine groups is 1. The van der Waals surface area contributed by atoms with E-state index in [4.69, 9.17) is 16.2 Å². The van der Waals surface area contributed by atoms with Crippen molar-refractivity contribution in [3.05, 3.63) is 58.3 Å². The molecule has 1 aromatic heterocycles. The van der Waals surface area contributed by atoms with E-state index in [-0.39, 0.29) is 49.5 Å². The Bertz CT molecular complexity index is 1200. The molecule has 0 aliphatic heterocycles. The Labute approximate surface area is 221 Å². The summed E-state index contributed by atoms with van der Waals surface area (Å²) in [5, 5.41) is 4.21. The largest absolute Gasteiger partial charge is 0.452 e. The Balaban J connectivity index is 0.00000722. The van der Waals surface area contributed by atoms with Crippen LogP contribution < -0.4 is 27.7 Å².